The Kier molecular flexibility index (Phi) is 57.5. The van der Waals surface area contributed by atoms with Gasteiger partial charge in [-0.25, -0.2) is 0 Å². The van der Waals surface area contributed by atoms with Crippen molar-refractivity contribution in [2.24, 2.45) is 0 Å². The quantitative estimate of drug-likeness (QED) is 0.0321. The van der Waals surface area contributed by atoms with Crippen LogP contribution in [0.5, 0.6) is 0 Å². The molecule has 2 atom stereocenters. The number of carbonyl (C=O) groups excluding carboxylic acids is 2. The maximum atomic E-state index is 12.4. The molecule has 0 aromatic carbocycles. The second-order valence-electron chi connectivity index (χ2n) is 21.4. The Hall–Kier alpha value is -1.66. The minimum absolute atomic E-state index is 0.0137. The van der Waals surface area contributed by atoms with E-state index in [2.05, 4.69) is 43.5 Å². The van der Waals surface area contributed by atoms with Crippen LogP contribution >= 0.6 is 0 Å². The minimum atomic E-state index is -0.664. The van der Waals surface area contributed by atoms with Crippen LogP contribution in [0.2, 0.25) is 0 Å². The van der Waals surface area contributed by atoms with Gasteiger partial charge in [-0.15, -0.1) is 0 Å². The molecule has 0 aromatic rings. The third-order valence-electron chi connectivity index (χ3n) is 14.5. The van der Waals surface area contributed by atoms with Gasteiger partial charge < -0.3 is 20.3 Å². The summed E-state index contributed by atoms with van der Waals surface area (Å²) in [6, 6.07) is -0.542. The van der Waals surface area contributed by atoms with Gasteiger partial charge in [0.15, 0.2) is 0 Å². The molecule has 2 unspecified atom stereocenters. The first kappa shape index (κ1) is 67.3. The second-order valence-corrected chi connectivity index (χ2v) is 21.4. The van der Waals surface area contributed by atoms with E-state index in [1.54, 1.807) is 0 Å². The van der Waals surface area contributed by atoms with E-state index in [1.807, 2.05) is 0 Å². The van der Waals surface area contributed by atoms with Crippen molar-refractivity contribution >= 4 is 11.9 Å². The number of esters is 1. The molecule has 0 aliphatic rings. The number of allylic oxidation sites excluding steroid dienone is 4. The summed E-state index contributed by atoms with van der Waals surface area (Å²) in [6.45, 7) is 4.95. The fourth-order valence-electron chi connectivity index (χ4n) is 9.73. The van der Waals surface area contributed by atoms with Crippen LogP contribution in [0, 0.1) is 0 Å². The minimum Gasteiger partial charge on any atom is -0.466 e. The van der Waals surface area contributed by atoms with Gasteiger partial charge in [-0.3, -0.25) is 9.59 Å². The molecule has 6 nitrogen and oxygen atoms in total. The Labute approximate surface area is 431 Å². The summed E-state index contributed by atoms with van der Waals surface area (Å²) in [5, 5.41) is 23.1. The lowest BCUT2D eigenvalue weighted by Crippen LogP contribution is -2.45. The standard InChI is InChI=1S/C63H121NO5/c1-3-5-7-9-11-13-15-16-30-34-37-41-45-49-53-57-63(68)69-58-54-50-46-42-38-35-32-29-27-25-23-21-19-17-18-20-22-24-26-28-31-33-36-40-44-48-52-56-62(67)64-60(59-65)61(66)55-51-47-43-39-14-12-10-8-6-4-2/h17-18,21,23,60-61,65-66H,3-16,19-20,22,24-59H2,1-2H3,(H,64,67)/b18-17-,23-21-. The molecule has 69 heavy (non-hydrogen) atoms. The van der Waals surface area contributed by atoms with E-state index in [0.717, 1.165) is 44.9 Å². The summed E-state index contributed by atoms with van der Waals surface area (Å²) in [5.41, 5.74) is 0. The molecule has 0 aromatic heterocycles. The molecule has 0 aliphatic heterocycles. The van der Waals surface area contributed by atoms with E-state index in [9.17, 15) is 19.8 Å². The van der Waals surface area contributed by atoms with Crippen molar-refractivity contribution in [1.82, 2.24) is 5.32 Å². The van der Waals surface area contributed by atoms with Gasteiger partial charge in [-0.05, 0) is 57.8 Å². The molecule has 0 saturated carbocycles. The number of rotatable bonds is 58. The van der Waals surface area contributed by atoms with E-state index >= 15 is 0 Å². The lowest BCUT2D eigenvalue weighted by Gasteiger charge is -2.22. The Balaban J connectivity index is 3.38. The van der Waals surface area contributed by atoms with E-state index in [-0.39, 0.29) is 18.5 Å². The molecule has 0 radical (unpaired) electrons. The molecule has 6 heteroatoms. The average molecular weight is 973 g/mol. The van der Waals surface area contributed by atoms with Gasteiger partial charge in [0.25, 0.3) is 0 Å². The SMILES string of the molecule is CCCCCCCCCCCCCCCCCC(=O)OCCCCCCCCCCC/C=C\C/C=C\CCCCCCCCCCCCCC(=O)NC(CO)C(O)CCCCCCCCCCCC. The first-order valence-corrected chi connectivity index (χ1v) is 31.1. The molecule has 0 spiro atoms. The van der Waals surface area contributed by atoms with Crippen LogP contribution in [0.25, 0.3) is 0 Å². The predicted octanol–water partition coefficient (Wildman–Crippen LogP) is 19.4. The first-order valence-electron chi connectivity index (χ1n) is 31.1. The molecule has 0 fully saturated rings. The van der Waals surface area contributed by atoms with Crippen molar-refractivity contribution in [3.8, 4) is 0 Å². The first-order chi connectivity index (χ1) is 34.0. The van der Waals surface area contributed by atoms with Crippen molar-refractivity contribution in [3.05, 3.63) is 24.3 Å². The Morgan fingerprint density at radius 2 is 0.725 bits per heavy atom. The van der Waals surface area contributed by atoms with Gasteiger partial charge in [0.05, 0.1) is 25.4 Å². The number of amides is 1. The van der Waals surface area contributed by atoms with Crippen LogP contribution in [0.15, 0.2) is 24.3 Å². The van der Waals surface area contributed by atoms with Crippen molar-refractivity contribution < 1.29 is 24.5 Å². The van der Waals surface area contributed by atoms with Crippen LogP contribution in [-0.4, -0.2) is 47.4 Å². The molecule has 0 heterocycles. The highest BCUT2D eigenvalue weighted by Crippen LogP contribution is 2.17. The van der Waals surface area contributed by atoms with Gasteiger partial charge in [0, 0.05) is 12.8 Å². The topological polar surface area (TPSA) is 95.9 Å². The zero-order valence-corrected chi connectivity index (χ0v) is 46.6. The van der Waals surface area contributed by atoms with Crippen molar-refractivity contribution in [2.45, 2.75) is 353 Å². The molecule has 1 amide bonds. The highest BCUT2D eigenvalue weighted by Gasteiger charge is 2.20. The maximum absolute atomic E-state index is 12.4. The summed E-state index contributed by atoms with van der Waals surface area (Å²) < 4.78 is 5.49. The Bertz CT molecular complexity index is 1080. The van der Waals surface area contributed by atoms with E-state index in [4.69, 9.17) is 4.74 Å². The van der Waals surface area contributed by atoms with Crippen LogP contribution in [0.1, 0.15) is 341 Å². The number of unbranched alkanes of at least 4 members (excludes halogenated alkanes) is 43. The normalized spacial score (nSPS) is 12.7. The molecular formula is C63H121NO5. The highest BCUT2D eigenvalue weighted by molar-refractivity contribution is 5.76. The highest BCUT2D eigenvalue weighted by atomic mass is 16.5. The number of hydrogen-bond donors (Lipinski definition) is 3. The molecule has 0 bridgehead atoms. The van der Waals surface area contributed by atoms with Gasteiger partial charge in [0.1, 0.15) is 0 Å². The molecule has 0 rings (SSSR count). The average Bonchev–Trinajstić information content (AvgIpc) is 3.35. The van der Waals surface area contributed by atoms with Crippen molar-refractivity contribution in [3.63, 3.8) is 0 Å². The van der Waals surface area contributed by atoms with Crippen molar-refractivity contribution in [1.29, 1.82) is 0 Å². The van der Waals surface area contributed by atoms with E-state index < -0.39 is 12.1 Å². The zero-order chi connectivity index (χ0) is 50.0. The van der Waals surface area contributed by atoms with Gasteiger partial charge >= 0.3 is 5.97 Å². The lowest BCUT2D eigenvalue weighted by molar-refractivity contribution is -0.143. The summed E-state index contributed by atoms with van der Waals surface area (Å²) in [7, 11) is 0. The number of nitrogens with one attached hydrogen (secondary N) is 1. The maximum Gasteiger partial charge on any atom is 0.305 e. The second kappa shape index (κ2) is 58.9. The Morgan fingerprint density at radius 1 is 0.406 bits per heavy atom. The van der Waals surface area contributed by atoms with Gasteiger partial charge in [-0.2, -0.15) is 0 Å². The number of aliphatic hydroxyl groups excluding tert-OH is 2. The summed E-state index contributed by atoms with van der Waals surface area (Å²) in [5.74, 6) is -0.0251. The van der Waals surface area contributed by atoms with Crippen LogP contribution in [0.3, 0.4) is 0 Å². The smallest absolute Gasteiger partial charge is 0.305 e. The molecular weight excluding hydrogens is 851 g/mol. The summed E-state index contributed by atoms with van der Waals surface area (Å²) in [4.78, 5) is 24.5. The number of ether oxygens (including phenoxy) is 1. The zero-order valence-electron chi connectivity index (χ0n) is 46.6. The van der Waals surface area contributed by atoms with Gasteiger partial charge in [-0.1, -0.05) is 295 Å². The Morgan fingerprint density at radius 3 is 1.10 bits per heavy atom. The van der Waals surface area contributed by atoms with Crippen LogP contribution in [0.4, 0.5) is 0 Å². The lowest BCUT2D eigenvalue weighted by atomic mass is 10.0. The number of hydrogen-bond acceptors (Lipinski definition) is 5. The van der Waals surface area contributed by atoms with Crippen LogP contribution < -0.4 is 5.32 Å². The fourth-order valence-corrected chi connectivity index (χ4v) is 9.73. The number of carbonyl (C=O) groups is 2. The van der Waals surface area contributed by atoms with E-state index in [0.29, 0.717) is 25.9 Å². The fraction of sp³-hybridized carbons (Fsp3) is 0.905. The predicted molar refractivity (Wildman–Crippen MR) is 301 cm³/mol. The third kappa shape index (κ3) is 55.5. The molecule has 3 N–H and O–H groups in total. The third-order valence-corrected chi connectivity index (χ3v) is 14.5. The molecule has 0 saturated heterocycles. The largest absolute Gasteiger partial charge is 0.466 e. The van der Waals surface area contributed by atoms with E-state index in [1.165, 1.54) is 263 Å². The summed E-state index contributed by atoms with van der Waals surface area (Å²) >= 11 is 0. The molecule has 0 aliphatic carbocycles. The monoisotopic (exact) mass is 972 g/mol. The summed E-state index contributed by atoms with van der Waals surface area (Å²) in [6.07, 6.45) is 72.0. The van der Waals surface area contributed by atoms with Crippen molar-refractivity contribution in [2.75, 3.05) is 13.2 Å². The van der Waals surface area contributed by atoms with Crippen LogP contribution in [-0.2, 0) is 14.3 Å². The molecule has 408 valence electrons. The van der Waals surface area contributed by atoms with Gasteiger partial charge in [0.2, 0.25) is 5.91 Å². The number of aliphatic hydroxyl groups is 2.